The molecule has 0 saturated heterocycles. The average molecular weight is 296 g/mol. The summed E-state index contributed by atoms with van der Waals surface area (Å²) in [5.41, 5.74) is 16.5. The van der Waals surface area contributed by atoms with Crippen molar-refractivity contribution in [1.29, 1.82) is 0 Å². The third kappa shape index (κ3) is 3.28. The second-order valence-corrected chi connectivity index (χ2v) is 5.05. The molecule has 0 radical (unpaired) electrons. The van der Waals surface area contributed by atoms with Gasteiger partial charge in [-0.1, -0.05) is 0 Å². The van der Waals surface area contributed by atoms with Crippen LogP contribution < -0.4 is 11.5 Å². The first-order valence-electron chi connectivity index (χ1n) is 6.87. The molecule has 6 heteroatoms. The van der Waals surface area contributed by atoms with Gasteiger partial charge in [-0.2, -0.15) is 0 Å². The number of rotatable bonds is 3. The van der Waals surface area contributed by atoms with Gasteiger partial charge in [-0.3, -0.25) is 9.98 Å². The smallest absolute Gasteiger partial charge is 0.144 e. The molecule has 0 saturated carbocycles. The van der Waals surface area contributed by atoms with Crippen molar-refractivity contribution in [2.24, 2.45) is 21.5 Å². The van der Waals surface area contributed by atoms with Crippen LogP contribution in [0.15, 0.2) is 34.3 Å². The Morgan fingerprint density at radius 2 is 1.14 bits per heavy atom. The van der Waals surface area contributed by atoms with Crippen LogP contribution in [0.5, 0.6) is 0 Å². The Balaban J connectivity index is 2.61. The van der Waals surface area contributed by atoms with E-state index in [2.05, 4.69) is 20.0 Å². The molecule has 0 unspecified atom stereocenters. The van der Waals surface area contributed by atoms with Gasteiger partial charge < -0.3 is 11.5 Å². The quantitative estimate of drug-likeness (QED) is 0.660. The molecule has 0 atom stereocenters. The van der Waals surface area contributed by atoms with Crippen molar-refractivity contribution in [3.05, 3.63) is 46.8 Å². The molecule has 6 nitrogen and oxygen atoms in total. The number of aliphatic imine (C=N–C) groups is 2. The zero-order chi connectivity index (χ0) is 16.3. The fourth-order valence-corrected chi connectivity index (χ4v) is 2.09. The topological polar surface area (TPSA) is 103 Å². The molecular weight excluding hydrogens is 276 g/mol. The van der Waals surface area contributed by atoms with Crippen LogP contribution in [0.1, 0.15) is 22.5 Å². The highest BCUT2D eigenvalue weighted by Crippen LogP contribution is 2.19. The molecule has 0 aliphatic rings. The standard InChI is InChI=1S/C16H20N6/c1-9-5-11(21-13(7-9)15(17)19-3)12-6-10(2)8-14(22-12)16(18)20-4/h5-8H,1-4H3,(H2,17,19)(H2,18,20). The summed E-state index contributed by atoms with van der Waals surface area (Å²) in [6.45, 7) is 3.96. The molecule has 2 heterocycles. The molecule has 0 aliphatic heterocycles. The number of nitrogens with two attached hydrogens (primary N) is 2. The summed E-state index contributed by atoms with van der Waals surface area (Å²) in [6.07, 6.45) is 0. The van der Waals surface area contributed by atoms with Crippen molar-refractivity contribution >= 4 is 11.7 Å². The van der Waals surface area contributed by atoms with E-state index in [9.17, 15) is 0 Å². The van der Waals surface area contributed by atoms with E-state index in [-0.39, 0.29) is 0 Å². The normalized spacial score (nSPS) is 12.5. The van der Waals surface area contributed by atoms with Gasteiger partial charge in [-0.05, 0) is 49.2 Å². The van der Waals surface area contributed by atoms with Crippen molar-refractivity contribution in [2.75, 3.05) is 14.1 Å². The molecule has 0 bridgehead atoms. The van der Waals surface area contributed by atoms with E-state index in [4.69, 9.17) is 11.5 Å². The van der Waals surface area contributed by atoms with Crippen LogP contribution in [0.25, 0.3) is 11.4 Å². The fourth-order valence-electron chi connectivity index (χ4n) is 2.09. The molecule has 0 aromatic carbocycles. The largest absolute Gasteiger partial charge is 0.382 e. The first-order chi connectivity index (χ1) is 10.4. The molecule has 0 fully saturated rings. The van der Waals surface area contributed by atoms with Gasteiger partial charge in [0.25, 0.3) is 0 Å². The molecule has 4 N–H and O–H groups in total. The van der Waals surface area contributed by atoms with Crippen molar-refractivity contribution in [3.63, 3.8) is 0 Å². The Labute approximate surface area is 130 Å². The minimum absolute atomic E-state index is 0.396. The van der Waals surface area contributed by atoms with Crippen molar-refractivity contribution in [3.8, 4) is 11.4 Å². The highest BCUT2D eigenvalue weighted by molar-refractivity contribution is 5.97. The summed E-state index contributed by atoms with van der Waals surface area (Å²) in [5, 5.41) is 0. The number of aromatic nitrogens is 2. The van der Waals surface area contributed by atoms with Crippen LogP contribution in [0.3, 0.4) is 0 Å². The predicted octanol–water partition coefficient (Wildman–Crippen LogP) is 1.43. The summed E-state index contributed by atoms with van der Waals surface area (Å²) >= 11 is 0. The lowest BCUT2D eigenvalue weighted by Crippen LogP contribution is -2.17. The Kier molecular flexibility index (Phi) is 4.50. The van der Waals surface area contributed by atoms with Crippen molar-refractivity contribution in [2.45, 2.75) is 13.8 Å². The maximum absolute atomic E-state index is 5.87. The first-order valence-corrected chi connectivity index (χ1v) is 6.87. The number of nitrogens with zero attached hydrogens (tertiary/aromatic N) is 4. The van der Waals surface area contributed by atoms with Crippen molar-refractivity contribution in [1.82, 2.24) is 9.97 Å². The maximum atomic E-state index is 5.87. The Hall–Kier alpha value is -2.76. The van der Waals surface area contributed by atoms with E-state index in [1.54, 1.807) is 14.1 Å². The first kappa shape index (κ1) is 15.6. The minimum Gasteiger partial charge on any atom is -0.382 e. The Morgan fingerprint density at radius 3 is 1.45 bits per heavy atom. The van der Waals surface area contributed by atoms with E-state index < -0.39 is 0 Å². The Morgan fingerprint density at radius 1 is 0.773 bits per heavy atom. The number of amidine groups is 2. The number of hydrogen-bond donors (Lipinski definition) is 2. The van der Waals surface area contributed by atoms with Crippen LogP contribution >= 0.6 is 0 Å². The van der Waals surface area contributed by atoms with E-state index in [0.29, 0.717) is 23.1 Å². The molecule has 22 heavy (non-hydrogen) atoms. The molecule has 2 aromatic rings. The summed E-state index contributed by atoms with van der Waals surface area (Å²) in [5.74, 6) is 0.792. The lowest BCUT2D eigenvalue weighted by molar-refractivity contribution is 1.17. The predicted molar refractivity (Wildman–Crippen MR) is 90.2 cm³/mol. The van der Waals surface area contributed by atoms with E-state index in [0.717, 1.165) is 22.5 Å². The van der Waals surface area contributed by atoms with Crippen LogP contribution in [-0.4, -0.2) is 35.7 Å². The molecule has 2 aromatic heterocycles. The molecule has 0 spiro atoms. The van der Waals surface area contributed by atoms with Gasteiger partial charge in [-0.15, -0.1) is 0 Å². The van der Waals surface area contributed by atoms with Gasteiger partial charge >= 0.3 is 0 Å². The van der Waals surface area contributed by atoms with Gasteiger partial charge in [0.05, 0.1) is 11.4 Å². The van der Waals surface area contributed by atoms with E-state index in [1.165, 1.54) is 0 Å². The summed E-state index contributed by atoms with van der Waals surface area (Å²) in [7, 11) is 3.28. The third-order valence-corrected chi connectivity index (χ3v) is 3.21. The monoisotopic (exact) mass is 296 g/mol. The lowest BCUT2D eigenvalue weighted by Gasteiger charge is -2.09. The van der Waals surface area contributed by atoms with E-state index >= 15 is 0 Å². The molecular formula is C16H20N6. The van der Waals surface area contributed by atoms with Crippen molar-refractivity contribution < 1.29 is 0 Å². The maximum Gasteiger partial charge on any atom is 0.144 e. The van der Waals surface area contributed by atoms with E-state index in [1.807, 2.05) is 38.1 Å². The SMILES string of the molecule is CN=C(N)c1cc(C)cc(-c2cc(C)cc(C(N)=NC)n2)n1. The van der Waals surface area contributed by atoms with Gasteiger partial charge in [0.2, 0.25) is 0 Å². The molecule has 114 valence electrons. The molecule has 0 aliphatic carbocycles. The van der Waals surface area contributed by atoms with Crippen LogP contribution in [0, 0.1) is 13.8 Å². The van der Waals surface area contributed by atoms with Gasteiger partial charge in [0.1, 0.15) is 23.1 Å². The van der Waals surface area contributed by atoms with Crippen LogP contribution in [0.2, 0.25) is 0 Å². The zero-order valence-electron chi connectivity index (χ0n) is 13.3. The second kappa shape index (κ2) is 6.34. The van der Waals surface area contributed by atoms with Gasteiger partial charge in [0.15, 0.2) is 0 Å². The highest BCUT2D eigenvalue weighted by atomic mass is 14.9. The number of aryl methyl sites for hydroxylation is 2. The molecule has 0 amide bonds. The number of hydrogen-bond acceptors (Lipinski definition) is 4. The minimum atomic E-state index is 0.396. The van der Waals surface area contributed by atoms with Gasteiger partial charge in [-0.25, -0.2) is 9.97 Å². The summed E-state index contributed by atoms with van der Waals surface area (Å²) < 4.78 is 0. The Bertz CT molecular complexity index is 696. The lowest BCUT2D eigenvalue weighted by atomic mass is 10.1. The zero-order valence-corrected chi connectivity index (χ0v) is 13.3. The van der Waals surface area contributed by atoms with Crippen LogP contribution in [-0.2, 0) is 0 Å². The van der Waals surface area contributed by atoms with Crippen LogP contribution in [0.4, 0.5) is 0 Å². The molecule has 2 rings (SSSR count). The highest BCUT2D eigenvalue weighted by Gasteiger charge is 2.10. The summed E-state index contributed by atoms with van der Waals surface area (Å²) in [4.78, 5) is 17.1. The fraction of sp³-hybridized carbons (Fsp3) is 0.250. The second-order valence-electron chi connectivity index (χ2n) is 5.05. The number of pyridine rings is 2. The average Bonchev–Trinajstić information content (AvgIpc) is 2.52. The van der Waals surface area contributed by atoms with Gasteiger partial charge in [0, 0.05) is 14.1 Å². The summed E-state index contributed by atoms with van der Waals surface area (Å²) in [6, 6.07) is 7.70. The third-order valence-electron chi connectivity index (χ3n) is 3.21.